The molecule has 0 aliphatic heterocycles. The van der Waals surface area contributed by atoms with E-state index in [1.807, 2.05) is 42.6 Å². The van der Waals surface area contributed by atoms with E-state index in [1.165, 1.54) is 0 Å². The summed E-state index contributed by atoms with van der Waals surface area (Å²) < 4.78 is 0. The summed E-state index contributed by atoms with van der Waals surface area (Å²) in [5.41, 5.74) is 0.938. The third kappa shape index (κ3) is 2.88. The van der Waals surface area contributed by atoms with Crippen LogP contribution < -0.4 is 5.32 Å². The van der Waals surface area contributed by atoms with E-state index in [4.69, 9.17) is 6.42 Å². The van der Waals surface area contributed by atoms with E-state index in [9.17, 15) is 5.11 Å². The second kappa shape index (κ2) is 5.43. The maximum Gasteiger partial charge on any atom is 0.137 e. The van der Waals surface area contributed by atoms with Crippen LogP contribution >= 0.6 is 0 Å². The van der Waals surface area contributed by atoms with Crippen molar-refractivity contribution in [3.63, 3.8) is 0 Å². The van der Waals surface area contributed by atoms with Gasteiger partial charge in [-0.3, -0.25) is 0 Å². The van der Waals surface area contributed by atoms with E-state index in [0.29, 0.717) is 6.54 Å². The van der Waals surface area contributed by atoms with Crippen LogP contribution in [-0.4, -0.2) is 17.7 Å². The quantitative estimate of drug-likeness (QED) is 0.659. The lowest BCUT2D eigenvalue weighted by molar-refractivity contribution is -0.684. The molecule has 1 rings (SSSR count). The van der Waals surface area contributed by atoms with Gasteiger partial charge in [-0.15, -0.1) is 6.42 Å². The second-order valence-electron chi connectivity index (χ2n) is 3.36. The Hall–Kier alpha value is -1.30. The summed E-state index contributed by atoms with van der Waals surface area (Å²) in [5, 5.41) is 11.9. The van der Waals surface area contributed by atoms with Gasteiger partial charge >= 0.3 is 0 Å². The van der Waals surface area contributed by atoms with E-state index < -0.39 is 6.10 Å². The number of nitrogens with two attached hydrogens (primary N) is 1. The predicted octanol–water partition coefficient (Wildman–Crippen LogP) is 0.305. The first-order chi connectivity index (χ1) is 6.75. The number of terminal acetylenes is 1. The highest BCUT2D eigenvalue weighted by atomic mass is 16.3. The van der Waals surface area contributed by atoms with Crippen LogP contribution in [0, 0.1) is 12.3 Å². The fourth-order valence-corrected chi connectivity index (χ4v) is 1.34. The summed E-state index contributed by atoms with van der Waals surface area (Å²) >= 11 is 0. The van der Waals surface area contributed by atoms with Crippen LogP contribution in [0.1, 0.15) is 18.6 Å². The van der Waals surface area contributed by atoms with Crippen molar-refractivity contribution >= 4 is 0 Å². The van der Waals surface area contributed by atoms with Crippen LogP contribution in [-0.2, 0) is 0 Å². The molecule has 0 unspecified atom stereocenters. The minimum absolute atomic E-state index is 0.0912. The van der Waals surface area contributed by atoms with Gasteiger partial charge in [-0.1, -0.05) is 30.3 Å². The zero-order valence-electron chi connectivity index (χ0n) is 8.35. The minimum atomic E-state index is -0.454. The van der Waals surface area contributed by atoms with Crippen LogP contribution in [0.25, 0.3) is 0 Å². The molecule has 2 nitrogen and oxygen atoms in total. The van der Waals surface area contributed by atoms with Crippen molar-refractivity contribution in [1.29, 1.82) is 0 Å². The molecule has 0 spiro atoms. The van der Waals surface area contributed by atoms with Gasteiger partial charge in [0.1, 0.15) is 18.7 Å². The Morgan fingerprint density at radius 2 is 2.07 bits per heavy atom. The topological polar surface area (TPSA) is 36.8 Å². The van der Waals surface area contributed by atoms with Crippen LogP contribution in [0.5, 0.6) is 0 Å². The Morgan fingerprint density at radius 1 is 1.43 bits per heavy atom. The highest BCUT2D eigenvalue weighted by Gasteiger charge is 2.17. The Bertz CT molecular complexity index is 302. The largest absolute Gasteiger partial charge is 0.382 e. The lowest BCUT2D eigenvalue weighted by Gasteiger charge is -2.16. The summed E-state index contributed by atoms with van der Waals surface area (Å²) in [6, 6.07) is 9.72. The van der Waals surface area contributed by atoms with Crippen LogP contribution in [0.15, 0.2) is 30.3 Å². The van der Waals surface area contributed by atoms with E-state index in [1.54, 1.807) is 0 Å². The average molecular weight is 190 g/mol. The molecule has 0 heterocycles. The van der Waals surface area contributed by atoms with Crippen molar-refractivity contribution in [3.05, 3.63) is 35.9 Å². The summed E-state index contributed by atoms with van der Waals surface area (Å²) in [5.74, 6) is 2.54. The summed E-state index contributed by atoms with van der Waals surface area (Å²) in [4.78, 5) is 0. The van der Waals surface area contributed by atoms with E-state index in [2.05, 4.69) is 5.92 Å². The summed E-state index contributed by atoms with van der Waals surface area (Å²) in [7, 11) is 0. The molecular weight excluding hydrogens is 174 g/mol. The van der Waals surface area contributed by atoms with Crippen molar-refractivity contribution in [3.8, 4) is 12.3 Å². The predicted molar refractivity (Wildman–Crippen MR) is 56.5 cm³/mol. The zero-order valence-corrected chi connectivity index (χ0v) is 8.35. The Labute approximate surface area is 85.0 Å². The number of hydrogen-bond donors (Lipinski definition) is 2. The Morgan fingerprint density at radius 3 is 2.64 bits per heavy atom. The molecule has 0 bridgehead atoms. The highest BCUT2D eigenvalue weighted by Crippen LogP contribution is 2.13. The number of benzene rings is 1. The number of rotatable bonds is 4. The molecule has 1 aromatic rings. The van der Waals surface area contributed by atoms with Gasteiger partial charge in [-0.25, -0.2) is 0 Å². The standard InChI is InChI=1S/C12H15NO/c1-3-9-13-10(2)12(14)11-7-5-4-6-8-11/h1,4-8,10,12-14H,9H2,2H3/p+1/t10-,12+/m0/s1. The molecule has 0 radical (unpaired) electrons. The first-order valence-corrected chi connectivity index (χ1v) is 4.75. The molecule has 0 saturated heterocycles. The maximum absolute atomic E-state index is 9.92. The molecule has 0 saturated carbocycles. The molecule has 0 aliphatic rings. The van der Waals surface area contributed by atoms with Gasteiger partial charge in [-0.05, 0) is 18.4 Å². The molecule has 0 amide bonds. The normalized spacial score (nSPS) is 14.4. The lowest BCUT2D eigenvalue weighted by atomic mass is 10.0. The van der Waals surface area contributed by atoms with Gasteiger partial charge < -0.3 is 10.4 Å². The van der Waals surface area contributed by atoms with E-state index >= 15 is 0 Å². The second-order valence-corrected chi connectivity index (χ2v) is 3.36. The molecule has 2 atom stereocenters. The van der Waals surface area contributed by atoms with Crippen molar-refractivity contribution in [2.45, 2.75) is 19.1 Å². The van der Waals surface area contributed by atoms with Gasteiger partial charge in [0.15, 0.2) is 0 Å². The molecule has 14 heavy (non-hydrogen) atoms. The van der Waals surface area contributed by atoms with Gasteiger partial charge in [0, 0.05) is 0 Å². The smallest absolute Gasteiger partial charge is 0.137 e. The van der Waals surface area contributed by atoms with Crippen LogP contribution in [0.3, 0.4) is 0 Å². The van der Waals surface area contributed by atoms with Crippen LogP contribution in [0.4, 0.5) is 0 Å². The van der Waals surface area contributed by atoms with Crippen molar-refractivity contribution in [2.75, 3.05) is 6.54 Å². The van der Waals surface area contributed by atoms with Crippen LogP contribution in [0.2, 0.25) is 0 Å². The third-order valence-corrected chi connectivity index (χ3v) is 2.25. The fraction of sp³-hybridized carbons (Fsp3) is 0.333. The maximum atomic E-state index is 9.92. The monoisotopic (exact) mass is 190 g/mol. The SMILES string of the molecule is C#CC[NH2+][C@@H](C)[C@@H](O)c1ccccc1. The molecule has 0 fully saturated rings. The molecule has 0 aromatic heterocycles. The number of quaternary nitrogens is 1. The fourth-order valence-electron chi connectivity index (χ4n) is 1.34. The van der Waals surface area contributed by atoms with Gasteiger partial charge in [0.05, 0.1) is 0 Å². The van der Waals surface area contributed by atoms with Gasteiger partial charge in [-0.2, -0.15) is 0 Å². The van der Waals surface area contributed by atoms with E-state index in [0.717, 1.165) is 5.56 Å². The highest BCUT2D eigenvalue weighted by molar-refractivity contribution is 5.17. The Kier molecular flexibility index (Phi) is 4.18. The first kappa shape index (κ1) is 10.8. The zero-order chi connectivity index (χ0) is 10.4. The summed E-state index contributed by atoms with van der Waals surface area (Å²) in [6.45, 7) is 2.57. The molecule has 3 N–H and O–H groups in total. The molecule has 0 aliphatic carbocycles. The third-order valence-electron chi connectivity index (χ3n) is 2.25. The summed E-state index contributed by atoms with van der Waals surface area (Å²) in [6.07, 6.45) is 4.70. The van der Waals surface area contributed by atoms with Crippen molar-refractivity contribution in [2.24, 2.45) is 0 Å². The number of hydrogen-bond acceptors (Lipinski definition) is 1. The van der Waals surface area contributed by atoms with Gasteiger partial charge in [0.2, 0.25) is 0 Å². The molecular formula is C12H16NO+. The molecule has 74 valence electrons. The lowest BCUT2D eigenvalue weighted by Crippen LogP contribution is -2.90. The minimum Gasteiger partial charge on any atom is -0.382 e. The Balaban J connectivity index is 2.57. The van der Waals surface area contributed by atoms with Crippen molar-refractivity contribution < 1.29 is 10.4 Å². The van der Waals surface area contributed by atoms with Gasteiger partial charge in [0.25, 0.3) is 0 Å². The number of aliphatic hydroxyl groups is 1. The molecule has 2 heteroatoms. The first-order valence-electron chi connectivity index (χ1n) is 4.75. The van der Waals surface area contributed by atoms with E-state index in [-0.39, 0.29) is 6.04 Å². The average Bonchev–Trinajstić information content (AvgIpc) is 2.26. The number of aliphatic hydroxyl groups excluding tert-OH is 1. The van der Waals surface area contributed by atoms with Crippen molar-refractivity contribution in [1.82, 2.24) is 0 Å². The molecule has 1 aromatic carbocycles.